The first-order chi connectivity index (χ1) is 12.1. The van der Waals surface area contributed by atoms with Crippen molar-refractivity contribution in [1.29, 1.82) is 0 Å². The summed E-state index contributed by atoms with van der Waals surface area (Å²) in [7, 11) is 0. The van der Waals surface area contributed by atoms with Gasteiger partial charge in [-0.1, -0.05) is 30.3 Å². The van der Waals surface area contributed by atoms with Gasteiger partial charge >= 0.3 is 5.97 Å². The number of carbonyl (C=O) groups is 2. The minimum Gasteiger partial charge on any atom is -0.466 e. The third-order valence-corrected chi connectivity index (χ3v) is 4.14. The van der Waals surface area contributed by atoms with Crippen LogP contribution in [0.4, 0.5) is 0 Å². The summed E-state index contributed by atoms with van der Waals surface area (Å²) in [5, 5.41) is 0. The summed E-state index contributed by atoms with van der Waals surface area (Å²) in [6.07, 6.45) is -0.985. The lowest BCUT2D eigenvalue weighted by molar-refractivity contribution is -0.145. The molecule has 1 saturated heterocycles. The van der Waals surface area contributed by atoms with Gasteiger partial charge in [0.15, 0.2) is 0 Å². The molecule has 25 heavy (non-hydrogen) atoms. The van der Waals surface area contributed by atoms with Crippen LogP contribution in [0.5, 0.6) is 0 Å². The van der Waals surface area contributed by atoms with E-state index in [0.717, 1.165) is 0 Å². The zero-order valence-electron chi connectivity index (χ0n) is 14.4. The molecule has 1 aliphatic heterocycles. The Morgan fingerprint density at radius 3 is 2.40 bits per heavy atom. The first kappa shape index (κ1) is 17.2. The first-order valence-electron chi connectivity index (χ1n) is 8.26. The molecule has 1 atom stereocenters. The second-order valence-corrected chi connectivity index (χ2v) is 5.96. The number of amides is 1. The topological polar surface area (TPSA) is 69.0 Å². The molecule has 0 unspecified atom stereocenters. The van der Waals surface area contributed by atoms with Crippen molar-refractivity contribution < 1.29 is 23.5 Å². The van der Waals surface area contributed by atoms with Crippen LogP contribution in [0.25, 0.3) is 0 Å². The Morgan fingerprint density at radius 1 is 1.12 bits per heavy atom. The molecule has 6 nitrogen and oxygen atoms in total. The van der Waals surface area contributed by atoms with Gasteiger partial charge < -0.3 is 18.8 Å². The van der Waals surface area contributed by atoms with Crippen LogP contribution in [0.2, 0.25) is 0 Å². The third kappa shape index (κ3) is 3.91. The maximum Gasteiger partial charge on any atom is 0.342 e. The lowest BCUT2D eigenvalue weighted by Gasteiger charge is -2.30. The SMILES string of the molecule is Cc1cc(C(=O)O[C@H](C(=O)N2CCOCC2)c2ccccc2)c(C)o1. The van der Waals surface area contributed by atoms with Crippen LogP contribution in [0.15, 0.2) is 40.8 Å². The second-order valence-electron chi connectivity index (χ2n) is 5.96. The fraction of sp³-hybridized carbons (Fsp3) is 0.368. The van der Waals surface area contributed by atoms with Crippen LogP contribution in [-0.2, 0) is 14.3 Å². The molecule has 0 bridgehead atoms. The highest BCUT2D eigenvalue weighted by Crippen LogP contribution is 2.24. The molecule has 0 radical (unpaired) electrons. The van der Waals surface area contributed by atoms with Gasteiger partial charge in [0.05, 0.1) is 13.2 Å². The van der Waals surface area contributed by atoms with E-state index in [1.807, 2.05) is 18.2 Å². The van der Waals surface area contributed by atoms with Gasteiger partial charge in [0.2, 0.25) is 6.10 Å². The lowest BCUT2D eigenvalue weighted by atomic mass is 10.1. The van der Waals surface area contributed by atoms with E-state index in [9.17, 15) is 9.59 Å². The zero-order chi connectivity index (χ0) is 17.8. The number of nitrogens with zero attached hydrogens (tertiary/aromatic N) is 1. The molecule has 1 aliphatic rings. The van der Waals surface area contributed by atoms with E-state index in [1.165, 1.54) is 0 Å². The fourth-order valence-electron chi connectivity index (χ4n) is 2.84. The summed E-state index contributed by atoms with van der Waals surface area (Å²) in [6, 6.07) is 10.7. The number of esters is 1. The number of hydrogen-bond acceptors (Lipinski definition) is 5. The van der Waals surface area contributed by atoms with Crippen molar-refractivity contribution in [2.24, 2.45) is 0 Å². The van der Waals surface area contributed by atoms with Gasteiger partial charge in [-0.2, -0.15) is 0 Å². The summed E-state index contributed by atoms with van der Waals surface area (Å²) in [4.78, 5) is 27.2. The molecule has 0 aliphatic carbocycles. The van der Waals surface area contributed by atoms with Gasteiger partial charge in [-0.3, -0.25) is 4.79 Å². The smallest absolute Gasteiger partial charge is 0.342 e. The number of furan rings is 1. The summed E-state index contributed by atoms with van der Waals surface area (Å²) in [6.45, 7) is 5.41. The highest BCUT2D eigenvalue weighted by Gasteiger charge is 2.31. The number of rotatable bonds is 4. The molecule has 1 amide bonds. The Hall–Kier alpha value is -2.60. The van der Waals surface area contributed by atoms with Crippen molar-refractivity contribution in [2.75, 3.05) is 26.3 Å². The highest BCUT2D eigenvalue weighted by molar-refractivity contribution is 5.93. The van der Waals surface area contributed by atoms with Crippen LogP contribution >= 0.6 is 0 Å². The van der Waals surface area contributed by atoms with E-state index in [2.05, 4.69) is 0 Å². The van der Waals surface area contributed by atoms with Crippen molar-refractivity contribution >= 4 is 11.9 Å². The Balaban J connectivity index is 1.85. The molecular weight excluding hydrogens is 322 g/mol. The van der Waals surface area contributed by atoms with Crippen molar-refractivity contribution in [3.63, 3.8) is 0 Å². The summed E-state index contributed by atoms with van der Waals surface area (Å²) >= 11 is 0. The standard InChI is InChI=1S/C19H21NO5/c1-13-12-16(14(2)24-13)19(22)25-17(15-6-4-3-5-7-15)18(21)20-8-10-23-11-9-20/h3-7,12,17H,8-11H2,1-2H3/t17-/m0/s1. The molecule has 3 rings (SSSR count). The van der Waals surface area contributed by atoms with E-state index in [1.54, 1.807) is 36.9 Å². The van der Waals surface area contributed by atoms with Crippen LogP contribution in [0.3, 0.4) is 0 Å². The molecule has 6 heteroatoms. The minimum absolute atomic E-state index is 0.235. The Labute approximate surface area is 146 Å². The van der Waals surface area contributed by atoms with Crippen molar-refractivity contribution in [3.8, 4) is 0 Å². The summed E-state index contributed by atoms with van der Waals surface area (Å²) < 4.78 is 16.3. The minimum atomic E-state index is -0.985. The van der Waals surface area contributed by atoms with Gasteiger partial charge in [-0.05, 0) is 19.9 Å². The number of ether oxygens (including phenoxy) is 2. The number of hydrogen-bond donors (Lipinski definition) is 0. The third-order valence-electron chi connectivity index (χ3n) is 4.14. The van der Waals surface area contributed by atoms with Crippen LogP contribution in [-0.4, -0.2) is 43.1 Å². The predicted molar refractivity (Wildman–Crippen MR) is 90.2 cm³/mol. The monoisotopic (exact) mass is 343 g/mol. The van der Waals surface area contributed by atoms with Crippen LogP contribution in [0, 0.1) is 13.8 Å². The number of carbonyl (C=O) groups excluding carboxylic acids is 2. The molecular formula is C19H21NO5. The molecule has 0 spiro atoms. The van der Waals surface area contributed by atoms with E-state index < -0.39 is 12.1 Å². The van der Waals surface area contributed by atoms with E-state index in [-0.39, 0.29) is 5.91 Å². The summed E-state index contributed by atoms with van der Waals surface area (Å²) in [5.41, 5.74) is 0.985. The molecule has 1 aromatic carbocycles. The fourth-order valence-corrected chi connectivity index (χ4v) is 2.84. The molecule has 1 aromatic heterocycles. The maximum absolute atomic E-state index is 12.9. The highest BCUT2D eigenvalue weighted by atomic mass is 16.5. The van der Waals surface area contributed by atoms with Crippen molar-refractivity contribution in [3.05, 3.63) is 59.0 Å². The average molecular weight is 343 g/mol. The predicted octanol–water partition coefficient (Wildman–Crippen LogP) is 2.65. The summed E-state index contributed by atoms with van der Waals surface area (Å²) in [5.74, 6) is 0.305. The van der Waals surface area contributed by atoms with E-state index in [4.69, 9.17) is 13.9 Å². The molecule has 0 N–H and O–H groups in total. The van der Waals surface area contributed by atoms with Gasteiger partial charge in [-0.25, -0.2) is 4.79 Å². The number of benzene rings is 1. The van der Waals surface area contributed by atoms with Gasteiger partial charge in [0.1, 0.15) is 17.1 Å². The lowest BCUT2D eigenvalue weighted by Crippen LogP contribution is -2.44. The van der Waals surface area contributed by atoms with Gasteiger partial charge in [-0.15, -0.1) is 0 Å². The number of aryl methyl sites for hydroxylation is 2. The largest absolute Gasteiger partial charge is 0.466 e. The molecule has 2 heterocycles. The van der Waals surface area contributed by atoms with Gasteiger partial charge in [0, 0.05) is 18.7 Å². The van der Waals surface area contributed by atoms with Crippen LogP contribution < -0.4 is 0 Å². The Morgan fingerprint density at radius 2 is 1.80 bits per heavy atom. The first-order valence-corrected chi connectivity index (χ1v) is 8.26. The van der Waals surface area contributed by atoms with Crippen molar-refractivity contribution in [1.82, 2.24) is 4.90 Å². The Bertz CT molecular complexity index is 746. The number of morpholine rings is 1. The second kappa shape index (κ2) is 7.53. The van der Waals surface area contributed by atoms with Crippen molar-refractivity contribution in [2.45, 2.75) is 20.0 Å². The quantitative estimate of drug-likeness (QED) is 0.798. The van der Waals surface area contributed by atoms with E-state index in [0.29, 0.717) is 49.0 Å². The van der Waals surface area contributed by atoms with E-state index >= 15 is 0 Å². The zero-order valence-corrected chi connectivity index (χ0v) is 14.4. The molecule has 2 aromatic rings. The molecule has 0 saturated carbocycles. The van der Waals surface area contributed by atoms with Gasteiger partial charge in [0.25, 0.3) is 5.91 Å². The Kier molecular flexibility index (Phi) is 5.19. The molecule has 132 valence electrons. The maximum atomic E-state index is 12.9. The molecule has 1 fully saturated rings. The van der Waals surface area contributed by atoms with Crippen LogP contribution in [0.1, 0.15) is 33.5 Å². The average Bonchev–Trinajstić information content (AvgIpc) is 2.99. The normalized spacial score (nSPS) is 15.7.